The molecule has 1 saturated carbocycles. The maximum absolute atomic E-state index is 4.63. The Kier molecular flexibility index (Phi) is 4.45. The Labute approximate surface area is 110 Å². The number of pyridine rings is 1. The minimum absolute atomic E-state index is 0.231. The van der Waals surface area contributed by atoms with Crippen molar-refractivity contribution in [1.29, 1.82) is 0 Å². The Balaban J connectivity index is 1.99. The van der Waals surface area contributed by atoms with E-state index in [1.165, 1.54) is 32.1 Å². The summed E-state index contributed by atoms with van der Waals surface area (Å²) in [5.74, 6) is 1.97. The van der Waals surface area contributed by atoms with Gasteiger partial charge in [-0.05, 0) is 38.3 Å². The number of anilines is 2. The molecule has 100 valence electrons. The first-order chi connectivity index (χ1) is 8.72. The van der Waals surface area contributed by atoms with Crippen molar-refractivity contribution in [3.8, 4) is 0 Å². The molecule has 1 fully saturated rings. The van der Waals surface area contributed by atoms with Gasteiger partial charge in [-0.1, -0.05) is 32.3 Å². The minimum Gasteiger partial charge on any atom is -0.370 e. The lowest BCUT2D eigenvalue weighted by Crippen LogP contribution is -2.37. The zero-order chi connectivity index (χ0) is 12.8. The fourth-order valence-electron chi connectivity index (χ4n) is 2.62. The van der Waals surface area contributed by atoms with Crippen molar-refractivity contribution < 1.29 is 0 Å². The highest BCUT2D eigenvalue weighted by Crippen LogP contribution is 2.30. The van der Waals surface area contributed by atoms with Crippen molar-refractivity contribution in [2.24, 2.45) is 0 Å². The fraction of sp³-hybridized carbons (Fsp3) is 0.667. The average Bonchev–Trinajstić information content (AvgIpc) is 2.37. The highest BCUT2D eigenvalue weighted by atomic mass is 15.1. The second kappa shape index (κ2) is 6.07. The number of rotatable bonds is 5. The lowest BCUT2D eigenvalue weighted by atomic mass is 9.83. The lowest BCUT2D eigenvalue weighted by molar-refractivity contribution is 0.348. The van der Waals surface area contributed by atoms with Crippen LogP contribution in [0.25, 0.3) is 0 Å². The number of nitrogens with one attached hydrogen (secondary N) is 2. The van der Waals surface area contributed by atoms with Gasteiger partial charge in [-0.25, -0.2) is 4.98 Å². The summed E-state index contributed by atoms with van der Waals surface area (Å²) in [7, 11) is 0. The normalized spacial score (nSPS) is 18.3. The van der Waals surface area contributed by atoms with Gasteiger partial charge in [0.1, 0.15) is 11.6 Å². The van der Waals surface area contributed by atoms with Gasteiger partial charge in [-0.3, -0.25) is 0 Å². The molecule has 0 bridgehead atoms. The van der Waals surface area contributed by atoms with Gasteiger partial charge in [0.15, 0.2) is 0 Å². The van der Waals surface area contributed by atoms with Crippen LogP contribution in [-0.2, 0) is 0 Å². The van der Waals surface area contributed by atoms with Crippen molar-refractivity contribution >= 4 is 11.6 Å². The molecule has 0 aromatic carbocycles. The van der Waals surface area contributed by atoms with Crippen molar-refractivity contribution in [2.45, 2.75) is 57.9 Å². The molecule has 0 saturated heterocycles. The molecule has 0 atom stereocenters. The van der Waals surface area contributed by atoms with E-state index < -0.39 is 0 Å². The van der Waals surface area contributed by atoms with Crippen LogP contribution in [0.3, 0.4) is 0 Å². The monoisotopic (exact) mass is 247 g/mol. The van der Waals surface area contributed by atoms with E-state index in [0.29, 0.717) is 0 Å². The molecule has 18 heavy (non-hydrogen) atoms. The zero-order valence-corrected chi connectivity index (χ0v) is 11.6. The van der Waals surface area contributed by atoms with Crippen LogP contribution in [-0.4, -0.2) is 17.1 Å². The summed E-state index contributed by atoms with van der Waals surface area (Å²) in [4.78, 5) is 4.63. The largest absolute Gasteiger partial charge is 0.370 e. The highest BCUT2D eigenvalue weighted by molar-refractivity contribution is 5.46. The van der Waals surface area contributed by atoms with Crippen LogP contribution in [0.1, 0.15) is 52.4 Å². The molecule has 1 aliphatic carbocycles. The molecule has 1 aromatic heterocycles. The summed E-state index contributed by atoms with van der Waals surface area (Å²) in [6, 6.07) is 6.17. The van der Waals surface area contributed by atoms with E-state index >= 15 is 0 Å². The quantitative estimate of drug-likeness (QED) is 0.824. The summed E-state index contributed by atoms with van der Waals surface area (Å²) in [5.41, 5.74) is 0.231. The van der Waals surface area contributed by atoms with Gasteiger partial charge in [-0.15, -0.1) is 0 Å². The van der Waals surface area contributed by atoms with E-state index in [9.17, 15) is 0 Å². The van der Waals surface area contributed by atoms with Gasteiger partial charge in [0.2, 0.25) is 0 Å². The highest BCUT2D eigenvalue weighted by Gasteiger charge is 2.26. The molecule has 1 aliphatic rings. The average molecular weight is 247 g/mol. The SMILES string of the molecule is CCCNc1cccc(NC2(C)CCCCC2)n1. The predicted octanol–water partition coefficient (Wildman–Crippen LogP) is 4.04. The second-order valence-electron chi connectivity index (χ2n) is 5.58. The topological polar surface area (TPSA) is 37.0 Å². The van der Waals surface area contributed by atoms with E-state index in [4.69, 9.17) is 0 Å². The van der Waals surface area contributed by atoms with E-state index in [2.05, 4.69) is 41.6 Å². The molecule has 0 unspecified atom stereocenters. The first-order valence-corrected chi connectivity index (χ1v) is 7.21. The van der Waals surface area contributed by atoms with Crippen LogP contribution >= 0.6 is 0 Å². The smallest absolute Gasteiger partial charge is 0.128 e. The second-order valence-corrected chi connectivity index (χ2v) is 5.58. The Bertz CT molecular complexity index is 370. The molecule has 3 nitrogen and oxygen atoms in total. The van der Waals surface area contributed by atoms with Crippen LogP contribution in [0.5, 0.6) is 0 Å². The maximum atomic E-state index is 4.63. The van der Waals surface area contributed by atoms with E-state index in [-0.39, 0.29) is 5.54 Å². The minimum atomic E-state index is 0.231. The fourth-order valence-corrected chi connectivity index (χ4v) is 2.62. The van der Waals surface area contributed by atoms with Gasteiger partial charge < -0.3 is 10.6 Å². The number of hydrogen-bond donors (Lipinski definition) is 2. The maximum Gasteiger partial charge on any atom is 0.128 e. The van der Waals surface area contributed by atoms with Gasteiger partial charge in [-0.2, -0.15) is 0 Å². The van der Waals surface area contributed by atoms with Crippen molar-refractivity contribution in [1.82, 2.24) is 4.98 Å². The summed E-state index contributed by atoms with van der Waals surface area (Å²) in [5, 5.41) is 6.96. The number of aromatic nitrogens is 1. The summed E-state index contributed by atoms with van der Waals surface area (Å²) in [6.07, 6.45) is 7.66. The van der Waals surface area contributed by atoms with Crippen molar-refractivity contribution in [3.63, 3.8) is 0 Å². The molecule has 1 heterocycles. The lowest BCUT2D eigenvalue weighted by Gasteiger charge is -2.35. The van der Waals surface area contributed by atoms with Crippen LogP contribution in [0.2, 0.25) is 0 Å². The van der Waals surface area contributed by atoms with Gasteiger partial charge >= 0.3 is 0 Å². The molecule has 2 N–H and O–H groups in total. The van der Waals surface area contributed by atoms with Gasteiger partial charge in [0.05, 0.1) is 0 Å². The summed E-state index contributed by atoms with van der Waals surface area (Å²) < 4.78 is 0. The Morgan fingerprint density at radius 3 is 2.61 bits per heavy atom. The van der Waals surface area contributed by atoms with Crippen molar-refractivity contribution in [3.05, 3.63) is 18.2 Å². The van der Waals surface area contributed by atoms with Crippen LogP contribution in [0.4, 0.5) is 11.6 Å². The number of hydrogen-bond acceptors (Lipinski definition) is 3. The molecule has 0 amide bonds. The Morgan fingerprint density at radius 2 is 1.89 bits per heavy atom. The molecule has 3 heteroatoms. The first kappa shape index (κ1) is 13.2. The van der Waals surface area contributed by atoms with Crippen LogP contribution in [0.15, 0.2) is 18.2 Å². The summed E-state index contributed by atoms with van der Waals surface area (Å²) in [6.45, 7) is 5.46. The first-order valence-electron chi connectivity index (χ1n) is 7.21. The standard InChI is InChI=1S/C15H25N3/c1-3-12-16-13-8-7-9-14(17-13)18-15(2)10-5-4-6-11-15/h7-9H,3-6,10-12H2,1-2H3,(H2,16,17,18). The molecular formula is C15H25N3. The van der Waals surface area contributed by atoms with Crippen molar-refractivity contribution in [2.75, 3.05) is 17.2 Å². The molecule has 1 aromatic rings. The Morgan fingerprint density at radius 1 is 1.17 bits per heavy atom. The third-order valence-electron chi connectivity index (χ3n) is 3.69. The molecular weight excluding hydrogens is 222 g/mol. The van der Waals surface area contributed by atoms with Crippen LogP contribution < -0.4 is 10.6 Å². The zero-order valence-electron chi connectivity index (χ0n) is 11.6. The molecule has 0 radical (unpaired) electrons. The number of nitrogens with zero attached hydrogens (tertiary/aromatic N) is 1. The van der Waals surface area contributed by atoms with Crippen LogP contribution in [0, 0.1) is 0 Å². The summed E-state index contributed by atoms with van der Waals surface area (Å²) >= 11 is 0. The van der Waals surface area contributed by atoms with E-state index in [1.54, 1.807) is 0 Å². The molecule has 2 rings (SSSR count). The molecule has 0 aliphatic heterocycles. The third kappa shape index (κ3) is 3.62. The van der Waals surface area contributed by atoms with Gasteiger partial charge in [0.25, 0.3) is 0 Å². The third-order valence-corrected chi connectivity index (χ3v) is 3.69. The van der Waals surface area contributed by atoms with E-state index in [1.807, 2.05) is 6.07 Å². The Hall–Kier alpha value is -1.25. The molecule has 0 spiro atoms. The van der Waals surface area contributed by atoms with Gasteiger partial charge in [0, 0.05) is 12.1 Å². The van der Waals surface area contributed by atoms with E-state index in [0.717, 1.165) is 24.6 Å². The predicted molar refractivity (Wildman–Crippen MR) is 78.1 cm³/mol.